The molecule has 1 amide bonds. The number of ether oxygens (including phenoxy) is 1. The number of nitrogens with one attached hydrogen (secondary N) is 1. The molecule has 0 aliphatic carbocycles. The molecule has 0 radical (unpaired) electrons. The fourth-order valence-corrected chi connectivity index (χ4v) is 3.18. The fraction of sp³-hybridized carbons (Fsp3) is 0.947. The van der Waals surface area contributed by atoms with E-state index in [0.29, 0.717) is 6.54 Å². The molecule has 2 heterocycles. The van der Waals surface area contributed by atoms with Gasteiger partial charge in [-0.25, -0.2) is 4.79 Å². The van der Waals surface area contributed by atoms with Crippen molar-refractivity contribution in [1.29, 1.82) is 0 Å². The molecule has 0 unspecified atom stereocenters. The highest BCUT2D eigenvalue weighted by Gasteiger charge is 2.16. The van der Waals surface area contributed by atoms with Gasteiger partial charge in [-0.15, -0.1) is 0 Å². The molecular formula is C19H40N4O2. The lowest BCUT2D eigenvalue weighted by Crippen LogP contribution is -2.39. The van der Waals surface area contributed by atoms with Gasteiger partial charge in [0.25, 0.3) is 0 Å². The number of rotatable bonds is 5. The Labute approximate surface area is 154 Å². The first-order valence-electron chi connectivity index (χ1n) is 10.0. The third-order valence-corrected chi connectivity index (χ3v) is 4.44. The van der Waals surface area contributed by atoms with Crippen LogP contribution in [-0.4, -0.2) is 73.9 Å². The molecule has 25 heavy (non-hydrogen) atoms. The van der Waals surface area contributed by atoms with Crippen LogP contribution in [0.5, 0.6) is 0 Å². The molecule has 0 spiro atoms. The summed E-state index contributed by atoms with van der Waals surface area (Å²) in [5.41, 5.74) is 5.01. The number of nitrogens with two attached hydrogens (primary N) is 1. The molecule has 0 bridgehead atoms. The average molecular weight is 357 g/mol. The predicted octanol–water partition coefficient (Wildman–Crippen LogP) is 2.43. The second kappa shape index (κ2) is 12.5. The van der Waals surface area contributed by atoms with Gasteiger partial charge in [0.1, 0.15) is 5.60 Å². The van der Waals surface area contributed by atoms with E-state index >= 15 is 0 Å². The van der Waals surface area contributed by atoms with Crippen LogP contribution in [0.1, 0.15) is 59.3 Å². The summed E-state index contributed by atoms with van der Waals surface area (Å²) in [4.78, 5) is 16.2. The van der Waals surface area contributed by atoms with Gasteiger partial charge in [0.15, 0.2) is 0 Å². The van der Waals surface area contributed by atoms with Crippen molar-refractivity contribution in [3.05, 3.63) is 0 Å². The van der Waals surface area contributed by atoms with Crippen LogP contribution in [0.4, 0.5) is 4.79 Å². The molecule has 6 heteroatoms. The van der Waals surface area contributed by atoms with Crippen molar-refractivity contribution in [2.24, 2.45) is 5.73 Å². The van der Waals surface area contributed by atoms with Gasteiger partial charge >= 0.3 is 6.09 Å². The number of amides is 1. The topological polar surface area (TPSA) is 70.8 Å². The zero-order valence-electron chi connectivity index (χ0n) is 16.7. The first-order chi connectivity index (χ1) is 11.9. The molecule has 148 valence electrons. The van der Waals surface area contributed by atoms with E-state index in [0.717, 1.165) is 32.7 Å². The van der Waals surface area contributed by atoms with Gasteiger partial charge in [0, 0.05) is 26.2 Å². The minimum Gasteiger partial charge on any atom is -0.444 e. The van der Waals surface area contributed by atoms with Gasteiger partial charge < -0.3 is 25.6 Å². The van der Waals surface area contributed by atoms with Crippen molar-refractivity contribution in [2.45, 2.75) is 64.9 Å². The van der Waals surface area contributed by atoms with Gasteiger partial charge in [0.05, 0.1) is 0 Å². The lowest BCUT2D eigenvalue weighted by molar-refractivity contribution is 0.0520. The molecule has 0 atom stereocenters. The molecule has 0 aromatic rings. The maximum Gasteiger partial charge on any atom is 0.407 e. The average Bonchev–Trinajstić information content (AvgIpc) is 2.56. The van der Waals surface area contributed by atoms with E-state index in [1.807, 2.05) is 20.8 Å². The summed E-state index contributed by atoms with van der Waals surface area (Å²) in [6, 6.07) is 0. The fourth-order valence-electron chi connectivity index (χ4n) is 3.18. The highest BCUT2D eigenvalue weighted by atomic mass is 16.6. The summed E-state index contributed by atoms with van der Waals surface area (Å²) in [5, 5.41) is 2.78. The van der Waals surface area contributed by atoms with Crippen molar-refractivity contribution in [3.63, 3.8) is 0 Å². The number of nitrogens with zero attached hydrogens (tertiary/aromatic N) is 2. The molecular weight excluding hydrogens is 316 g/mol. The Morgan fingerprint density at radius 1 is 0.920 bits per heavy atom. The maximum absolute atomic E-state index is 11.3. The molecule has 0 aromatic carbocycles. The molecule has 0 saturated carbocycles. The molecule has 2 aliphatic heterocycles. The van der Waals surface area contributed by atoms with Crippen LogP contribution in [0.15, 0.2) is 0 Å². The number of carbonyl (C=O) groups is 1. The van der Waals surface area contributed by atoms with Crippen molar-refractivity contribution >= 4 is 6.09 Å². The standard InChI is InChI=1S/C12H24N2O2.C7H16N2/c1-12(2,3)16-11(15)13-7-10-14-8-5-4-6-9-14;8-4-7-9-5-2-1-3-6-9/h4-10H2,1-3H3,(H,13,15);1-8H2. The lowest BCUT2D eigenvalue weighted by atomic mass is 10.1. The number of alkyl carbamates (subject to hydrolysis) is 1. The van der Waals surface area contributed by atoms with Crippen molar-refractivity contribution < 1.29 is 9.53 Å². The van der Waals surface area contributed by atoms with Crippen molar-refractivity contribution in [3.8, 4) is 0 Å². The van der Waals surface area contributed by atoms with E-state index in [4.69, 9.17) is 10.5 Å². The molecule has 3 N–H and O–H groups in total. The van der Waals surface area contributed by atoms with Crippen LogP contribution in [0.2, 0.25) is 0 Å². The Balaban J connectivity index is 0.000000293. The normalized spacial score (nSPS) is 19.7. The molecule has 6 nitrogen and oxygen atoms in total. The Morgan fingerprint density at radius 2 is 1.40 bits per heavy atom. The SMILES string of the molecule is CC(C)(C)OC(=O)NCCN1CCCCC1.NCCN1CCCCC1. The third kappa shape index (κ3) is 12.2. The van der Waals surface area contributed by atoms with Gasteiger partial charge in [-0.2, -0.15) is 0 Å². The van der Waals surface area contributed by atoms with Gasteiger partial charge in [-0.1, -0.05) is 12.8 Å². The maximum atomic E-state index is 11.3. The van der Waals surface area contributed by atoms with Crippen LogP contribution < -0.4 is 11.1 Å². The summed E-state index contributed by atoms with van der Waals surface area (Å²) in [6.45, 7) is 14.0. The van der Waals surface area contributed by atoms with E-state index in [1.54, 1.807) is 0 Å². The van der Waals surface area contributed by atoms with Crippen LogP contribution in [0.25, 0.3) is 0 Å². The smallest absolute Gasteiger partial charge is 0.407 e. The highest BCUT2D eigenvalue weighted by Crippen LogP contribution is 2.08. The number of likely N-dealkylation sites (tertiary alicyclic amines) is 2. The second-order valence-corrected chi connectivity index (χ2v) is 8.02. The molecule has 2 saturated heterocycles. The van der Waals surface area contributed by atoms with Crippen LogP contribution in [0.3, 0.4) is 0 Å². The zero-order chi connectivity index (χ0) is 18.5. The quantitative estimate of drug-likeness (QED) is 0.792. The highest BCUT2D eigenvalue weighted by molar-refractivity contribution is 5.67. The minimum atomic E-state index is -0.408. The van der Waals surface area contributed by atoms with Crippen molar-refractivity contribution in [1.82, 2.24) is 15.1 Å². The van der Waals surface area contributed by atoms with Crippen LogP contribution in [0, 0.1) is 0 Å². The zero-order valence-corrected chi connectivity index (χ0v) is 16.7. The molecule has 0 aromatic heterocycles. The first-order valence-corrected chi connectivity index (χ1v) is 10.0. The third-order valence-electron chi connectivity index (χ3n) is 4.44. The Bertz CT molecular complexity index is 343. The van der Waals surface area contributed by atoms with Gasteiger partial charge in [-0.05, 0) is 72.6 Å². The number of hydrogen-bond acceptors (Lipinski definition) is 5. The summed E-state index contributed by atoms with van der Waals surface area (Å²) in [6.07, 6.45) is 7.76. The Hall–Kier alpha value is -0.850. The number of carbonyl (C=O) groups excluding carboxylic acids is 1. The van der Waals surface area contributed by atoms with Gasteiger partial charge in [0.2, 0.25) is 0 Å². The Kier molecular flexibility index (Phi) is 11.1. The molecule has 2 rings (SSSR count). The number of hydrogen-bond donors (Lipinski definition) is 2. The van der Waals surface area contributed by atoms with E-state index in [-0.39, 0.29) is 6.09 Å². The first kappa shape index (κ1) is 22.2. The Morgan fingerprint density at radius 3 is 1.84 bits per heavy atom. The summed E-state index contributed by atoms with van der Waals surface area (Å²) in [5.74, 6) is 0. The molecule has 2 fully saturated rings. The molecule has 2 aliphatic rings. The summed E-state index contributed by atoms with van der Waals surface area (Å²) in [7, 11) is 0. The lowest BCUT2D eigenvalue weighted by Gasteiger charge is -2.26. The summed E-state index contributed by atoms with van der Waals surface area (Å²) < 4.78 is 5.16. The van der Waals surface area contributed by atoms with Crippen LogP contribution in [-0.2, 0) is 4.74 Å². The minimum absolute atomic E-state index is 0.315. The predicted molar refractivity (Wildman–Crippen MR) is 104 cm³/mol. The summed E-state index contributed by atoms with van der Waals surface area (Å²) >= 11 is 0. The monoisotopic (exact) mass is 356 g/mol. The van der Waals surface area contributed by atoms with Gasteiger partial charge in [-0.3, -0.25) is 0 Å². The largest absolute Gasteiger partial charge is 0.444 e. The van der Waals surface area contributed by atoms with E-state index in [1.165, 1.54) is 51.6 Å². The van der Waals surface area contributed by atoms with E-state index < -0.39 is 5.60 Å². The van der Waals surface area contributed by atoms with Crippen LogP contribution >= 0.6 is 0 Å². The number of piperidine rings is 2. The van der Waals surface area contributed by atoms with E-state index in [2.05, 4.69) is 15.1 Å². The van der Waals surface area contributed by atoms with Crippen molar-refractivity contribution in [2.75, 3.05) is 52.4 Å². The second-order valence-electron chi connectivity index (χ2n) is 8.02. The van der Waals surface area contributed by atoms with E-state index in [9.17, 15) is 4.79 Å².